The van der Waals surface area contributed by atoms with Crippen LogP contribution < -0.4 is 5.32 Å². The predicted octanol–water partition coefficient (Wildman–Crippen LogP) is 1.34. The fraction of sp³-hybridized carbons (Fsp3) is 1.00. The monoisotopic (exact) mass is 131 g/mol. The Labute approximate surface area is 55.6 Å². The maximum atomic E-state index is 12.7. The molecule has 0 radical (unpaired) electrons. The summed E-state index contributed by atoms with van der Waals surface area (Å²) < 4.78 is 12.7. The summed E-state index contributed by atoms with van der Waals surface area (Å²) in [5, 5.41) is 3.03. The molecule has 1 saturated heterocycles. The minimum absolute atomic E-state index is 0.301. The van der Waals surface area contributed by atoms with E-state index in [0.717, 1.165) is 19.4 Å². The molecule has 0 bridgehead atoms. The molecule has 0 aromatic heterocycles. The van der Waals surface area contributed by atoms with E-state index < -0.39 is 6.17 Å². The van der Waals surface area contributed by atoms with E-state index in [-0.39, 0.29) is 0 Å². The van der Waals surface area contributed by atoms with E-state index in [1.54, 1.807) is 0 Å². The molecule has 0 aromatic rings. The lowest BCUT2D eigenvalue weighted by atomic mass is 10.0. The van der Waals surface area contributed by atoms with Crippen molar-refractivity contribution in [2.45, 2.75) is 25.9 Å². The van der Waals surface area contributed by atoms with E-state index in [9.17, 15) is 4.39 Å². The number of halogens is 1. The molecule has 9 heavy (non-hydrogen) atoms. The normalized spacial score (nSPS) is 35.3. The summed E-state index contributed by atoms with van der Waals surface area (Å²) in [6.07, 6.45) is 1.56. The zero-order valence-corrected chi connectivity index (χ0v) is 5.86. The molecule has 0 spiro atoms. The fourth-order valence-electron chi connectivity index (χ4n) is 1.35. The van der Waals surface area contributed by atoms with E-state index >= 15 is 0 Å². The van der Waals surface area contributed by atoms with Gasteiger partial charge in [0.2, 0.25) is 0 Å². The van der Waals surface area contributed by atoms with Crippen molar-refractivity contribution >= 4 is 0 Å². The molecule has 1 rings (SSSR count). The minimum Gasteiger partial charge on any atom is -0.313 e. The van der Waals surface area contributed by atoms with Gasteiger partial charge in [-0.3, -0.25) is 0 Å². The third kappa shape index (κ3) is 1.65. The smallest absolute Gasteiger partial charge is 0.116 e. The van der Waals surface area contributed by atoms with Crippen molar-refractivity contribution in [1.29, 1.82) is 0 Å². The molecule has 1 fully saturated rings. The Morgan fingerprint density at radius 2 is 2.33 bits per heavy atom. The molecule has 54 valence electrons. The Morgan fingerprint density at radius 3 is 2.78 bits per heavy atom. The van der Waals surface area contributed by atoms with Crippen molar-refractivity contribution < 1.29 is 4.39 Å². The zero-order valence-electron chi connectivity index (χ0n) is 5.86. The molecule has 0 aromatic carbocycles. The molecular formula is C7H14FN. The molecule has 0 amide bonds. The van der Waals surface area contributed by atoms with Crippen LogP contribution in [0.2, 0.25) is 0 Å². The third-order valence-electron chi connectivity index (χ3n) is 1.92. The van der Waals surface area contributed by atoms with Crippen LogP contribution >= 0.6 is 0 Å². The average Bonchev–Trinajstić information content (AvgIpc) is 2.18. The van der Waals surface area contributed by atoms with Gasteiger partial charge in [0.1, 0.15) is 6.17 Å². The minimum atomic E-state index is -0.579. The first-order valence-corrected chi connectivity index (χ1v) is 3.69. The number of rotatable bonds is 2. The Morgan fingerprint density at radius 1 is 1.56 bits per heavy atom. The third-order valence-corrected chi connectivity index (χ3v) is 1.92. The maximum absolute atomic E-state index is 12.7. The van der Waals surface area contributed by atoms with Crippen molar-refractivity contribution in [2.75, 3.05) is 13.1 Å². The van der Waals surface area contributed by atoms with Crippen molar-refractivity contribution in [3.63, 3.8) is 0 Å². The molecule has 1 aliphatic heterocycles. The van der Waals surface area contributed by atoms with Crippen LogP contribution in [0, 0.1) is 5.92 Å². The molecule has 2 heteroatoms. The van der Waals surface area contributed by atoms with Crippen molar-refractivity contribution in [3.8, 4) is 0 Å². The van der Waals surface area contributed by atoms with Crippen LogP contribution in [0.1, 0.15) is 19.8 Å². The summed E-state index contributed by atoms with van der Waals surface area (Å²) in [5.74, 6) is 0.301. The predicted molar refractivity (Wildman–Crippen MR) is 36.2 cm³/mol. The van der Waals surface area contributed by atoms with Crippen LogP contribution in [0.15, 0.2) is 0 Å². The summed E-state index contributed by atoms with van der Waals surface area (Å²) in [6.45, 7) is 3.56. The van der Waals surface area contributed by atoms with E-state index in [0.29, 0.717) is 12.5 Å². The highest BCUT2D eigenvalue weighted by Crippen LogP contribution is 2.17. The molecule has 1 nitrogen and oxygen atoms in total. The average molecular weight is 131 g/mol. The Balaban J connectivity index is 2.22. The summed E-state index contributed by atoms with van der Waals surface area (Å²) in [5.41, 5.74) is 0. The molecule has 1 aliphatic rings. The number of nitrogens with one attached hydrogen (secondary N) is 1. The lowest BCUT2D eigenvalue weighted by molar-refractivity contribution is 0.271. The van der Waals surface area contributed by atoms with E-state index in [1.165, 1.54) is 0 Å². The molecule has 1 N–H and O–H groups in total. The van der Waals surface area contributed by atoms with Crippen LogP contribution in [0.3, 0.4) is 0 Å². The highest BCUT2D eigenvalue weighted by atomic mass is 19.1. The van der Waals surface area contributed by atoms with Crippen LogP contribution in [-0.2, 0) is 0 Å². The van der Waals surface area contributed by atoms with Gasteiger partial charge in [-0.25, -0.2) is 4.39 Å². The largest absolute Gasteiger partial charge is 0.313 e. The first-order chi connectivity index (χ1) is 4.34. The highest BCUT2D eigenvalue weighted by molar-refractivity contribution is 4.79. The molecule has 0 saturated carbocycles. The van der Waals surface area contributed by atoms with Crippen LogP contribution in [0.25, 0.3) is 0 Å². The Hall–Kier alpha value is -0.110. The molecule has 2 atom stereocenters. The van der Waals surface area contributed by atoms with Gasteiger partial charge in [0.05, 0.1) is 0 Å². The van der Waals surface area contributed by atoms with Gasteiger partial charge in [0, 0.05) is 19.0 Å². The van der Waals surface area contributed by atoms with Gasteiger partial charge in [0.25, 0.3) is 0 Å². The lowest BCUT2D eigenvalue weighted by Gasteiger charge is -2.07. The number of alkyl halides is 1. The standard InChI is InChI=1S/C7H14FN/c1-2-3-6-4-9-5-7(6)8/h6-7,9H,2-5H2,1H3/t6-,7?/m1/s1. The maximum Gasteiger partial charge on any atom is 0.116 e. The Bertz CT molecular complexity index is 85.0. The second-order valence-corrected chi connectivity index (χ2v) is 2.72. The number of hydrogen-bond acceptors (Lipinski definition) is 1. The summed E-state index contributed by atoms with van der Waals surface area (Å²) >= 11 is 0. The first-order valence-electron chi connectivity index (χ1n) is 3.69. The quantitative estimate of drug-likeness (QED) is 0.596. The SMILES string of the molecule is CCC[C@@H]1CNCC1F. The van der Waals surface area contributed by atoms with Gasteiger partial charge in [-0.1, -0.05) is 13.3 Å². The van der Waals surface area contributed by atoms with E-state index in [2.05, 4.69) is 12.2 Å². The van der Waals surface area contributed by atoms with Gasteiger partial charge < -0.3 is 5.32 Å². The lowest BCUT2D eigenvalue weighted by Crippen LogP contribution is -2.11. The molecule has 1 heterocycles. The van der Waals surface area contributed by atoms with Crippen molar-refractivity contribution in [2.24, 2.45) is 5.92 Å². The van der Waals surface area contributed by atoms with Gasteiger partial charge in [-0.15, -0.1) is 0 Å². The van der Waals surface area contributed by atoms with E-state index in [4.69, 9.17) is 0 Å². The van der Waals surface area contributed by atoms with Gasteiger partial charge in [-0.05, 0) is 6.42 Å². The second kappa shape index (κ2) is 3.16. The fourth-order valence-corrected chi connectivity index (χ4v) is 1.35. The first kappa shape index (κ1) is 7.00. The van der Waals surface area contributed by atoms with Crippen LogP contribution in [0.4, 0.5) is 4.39 Å². The molecule has 1 unspecified atom stereocenters. The van der Waals surface area contributed by atoms with Gasteiger partial charge in [-0.2, -0.15) is 0 Å². The summed E-state index contributed by atoms with van der Waals surface area (Å²) in [4.78, 5) is 0. The van der Waals surface area contributed by atoms with Crippen molar-refractivity contribution in [1.82, 2.24) is 5.32 Å². The summed E-state index contributed by atoms with van der Waals surface area (Å²) in [6, 6.07) is 0. The second-order valence-electron chi connectivity index (χ2n) is 2.72. The van der Waals surface area contributed by atoms with E-state index in [1.807, 2.05) is 0 Å². The Kier molecular flexibility index (Phi) is 2.46. The van der Waals surface area contributed by atoms with Crippen LogP contribution in [-0.4, -0.2) is 19.3 Å². The van der Waals surface area contributed by atoms with Crippen LogP contribution in [0.5, 0.6) is 0 Å². The zero-order chi connectivity index (χ0) is 6.69. The summed E-state index contributed by atoms with van der Waals surface area (Å²) in [7, 11) is 0. The highest BCUT2D eigenvalue weighted by Gasteiger charge is 2.24. The molecule has 0 aliphatic carbocycles. The topological polar surface area (TPSA) is 12.0 Å². The molecular weight excluding hydrogens is 117 g/mol. The van der Waals surface area contributed by atoms with Gasteiger partial charge in [0.15, 0.2) is 0 Å². The van der Waals surface area contributed by atoms with Crippen molar-refractivity contribution in [3.05, 3.63) is 0 Å². The number of hydrogen-bond donors (Lipinski definition) is 1. The van der Waals surface area contributed by atoms with Gasteiger partial charge >= 0.3 is 0 Å².